The van der Waals surface area contributed by atoms with Crippen molar-refractivity contribution < 1.29 is 14.3 Å². The molecule has 102 valence electrons. The van der Waals surface area contributed by atoms with Crippen LogP contribution in [0.1, 0.15) is 12.5 Å². The maximum absolute atomic E-state index is 12.2. The Balaban J connectivity index is 1.97. The highest BCUT2D eigenvalue weighted by Crippen LogP contribution is 2.15. The van der Waals surface area contributed by atoms with Crippen molar-refractivity contribution in [2.24, 2.45) is 0 Å². The fourth-order valence-electron chi connectivity index (χ4n) is 2.03. The predicted octanol–water partition coefficient (Wildman–Crippen LogP) is 0.721. The van der Waals surface area contributed by atoms with Crippen LogP contribution in [-0.2, 0) is 9.59 Å². The van der Waals surface area contributed by atoms with Crippen molar-refractivity contribution in [3.63, 3.8) is 0 Å². The second-order valence-corrected chi connectivity index (χ2v) is 4.69. The van der Waals surface area contributed by atoms with Crippen LogP contribution in [0.25, 0.3) is 0 Å². The third kappa shape index (κ3) is 3.47. The summed E-state index contributed by atoms with van der Waals surface area (Å²) in [7, 11) is 0. The summed E-state index contributed by atoms with van der Waals surface area (Å²) in [5.41, 5.74) is 1.08. The van der Waals surface area contributed by atoms with E-state index in [1.807, 2.05) is 31.2 Å². The molecule has 5 heteroatoms. The van der Waals surface area contributed by atoms with E-state index in [2.05, 4.69) is 5.32 Å². The van der Waals surface area contributed by atoms with Crippen LogP contribution in [0.5, 0.6) is 5.75 Å². The van der Waals surface area contributed by atoms with Crippen molar-refractivity contribution >= 4 is 11.8 Å². The third-order valence-electron chi connectivity index (χ3n) is 3.00. The van der Waals surface area contributed by atoms with Crippen molar-refractivity contribution in [3.05, 3.63) is 29.8 Å². The number of hydrogen-bond acceptors (Lipinski definition) is 3. The Bertz CT molecular complexity index is 487. The molecule has 1 aromatic carbocycles. The number of benzene rings is 1. The fourth-order valence-corrected chi connectivity index (χ4v) is 2.03. The standard InChI is InChI=1S/C14H18N2O3/c1-10-4-3-5-12(8-10)19-11(2)14(18)16-7-6-15-13(17)9-16/h3-5,8,11H,6-7,9H2,1-2H3,(H,15,17)/t11-/m1/s1. The Morgan fingerprint density at radius 1 is 1.47 bits per heavy atom. The lowest BCUT2D eigenvalue weighted by Gasteiger charge is -2.29. The van der Waals surface area contributed by atoms with Gasteiger partial charge in [0.15, 0.2) is 6.10 Å². The molecule has 2 rings (SSSR count). The van der Waals surface area contributed by atoms with Gasteiger partial charge in [0.25, 0.3) is 5.91 Å². The zero-order valence-corrected chi connectivity index (χ0v) is 11.2. The van der Waals surface area contributed by atoms with Crippen LogP contribution in [0.4, 0.5) is 0 Å². The third-order valence-corrected chi connectivity index (χ3v) is 3.00. The lowest BCUT2D eigenvalue weighted by Crippen LogP contribution is -2.53. The summed E-state index contributed by atoms with van der Waals surface area (Å²) < 4.78 is 5.62. The molecule has 2 amide bonds. The number of amides is 2. The smallest absolute Gasteiger partial charge is 0.263 e. The normalized spacial score (nSPS) is 16.7. The van der Waals surface area contributed by atoms with Gasteiger partial charge in [0.1, 0.15) is 5.75 Å². The van der Waals surface area contributed by atoms with Gasteiger partial charge in [-0.05, 0) is 31.5 Å². The average molecular weight is 262 g/mol. The molecular weight excluding hydrogens is 244 g/mol. The van der Waals surface area contributed by atoms with Crippen molar-refractivity contribution in [2.75, 3.05) is 19.6 Å². The molecule has 1 atom stereocenters. The molecule has 0 spiro atoms. The highest BCUT2D eigenvalue weighted by Gasteiger charge is 2.26. The molecule has 1 N–H and O–H groups in total. The summed E-state index contributed by atoms with van der Waals surface area (Å²) in [5.74, 6) is 0.390. The molecule has 5 nitrogen and oxygen atoms in total. The van der Waals surface area contributed by atoms with E-state index in [0.717, 1.165) is 5.56 Å². The van der Waals surface area contributed by atoms with E-state index >= 15 is 0 Å². The first-order valence-corrected chi connectivity index (χ1v) is 6.35. The second kappa shape index (κ2) is 5.73. The topological polar surface area (TPSA) is 58.6 Å². The van der Waals surface area contributed by atoms with E-state index in [1.165, 1.54) is 4.90 Å². The quantitative estimate of drug-likeness (QED) is 0.873. The van der Waals surface area contributed by atoms with E-state index < -0.39 is 6.10 Å². The summed E-state index contributed by atoms with van der Waals surface area (Å²) >= 11 is 0. The summed E-state index contributed by atoms with van der Waals surface area (Å²) in [6.45, 7) is 4.82. The van der Waals surface area contributed by atoms with Crippen molar-refractivity contribution in [2.45, 2.75) is 20.0 Å². The van der Waals surface area contributed by atoms with Gasteiger partial charge >= 0.3 is 0 Å². The number of piperazine rings is 1. The van der Waals surface area contributed by atoms with Crippen LogP contribution >= 0.6 is 0 Å². The van der Waals surface area contributed by atoms with Gasteiger partial charge in [0.2, 0.25) is 5.91 Å². The molecule has 0 aromatic heterocycles. The van der Waals surface area contributed by atoms with Crippen molar-refractivity contribution in [1.82, 2.24) is 10.2 Å². The summed E-state index contributed by atoms with van der Waals surface area (Å²) in [6.07, 6.45) is -0.590. The second-order valence-electron chi connectivity index (χ2n) is 4.69. The largest absolute Gasteiger partial charge is 0.481 e. The van der Waals surface area contributed by atoms with Crippen LogP contribution in [0, 0.1) is 6.92 Å². The molecule has 0 bridgehead atoms. The minimum absolute atomic E-state index is 0.111. The first kappa shape index (κ1) is 13.4. The molecule has 0 radical (unpaired) electrons. The maximum Gasteiger partial charge on any atom is 0.263 e. The molecular formula is C14H18N2O3. The number of hydrogen-bond donors (Lipinski definition) is 1. The Labute approximate surface area is 112 Å². The van der Waals surface area contributed by atoms with Gasteiger partial charge in [-0.3, -0.25) is 9.59 Å². The molecule has 1 heterocycles. The fraction of sp³-hybridized carbons (Fsp3) is 0.429. The van der Waals surface area contributed by atoms with Crippen molar-refractivity contribution in [3.8, 4) is 5.75 Å². The van der Waals surface area contributed by atoms with E-state index in [1.54, 1.807) is 6.92 Å². The van der Waals surface area contributed by atoms with Crippen LogP contribution in [-0.4, -0.2) is 42.5 Å². The van der Waals surface area contributed by atoms with E-state index in [9.17, 15) is 9.59 Å². The average Bonchev–Trinajstić information content (AvgIpc) is 2.38. The van der Waals surface area contributed by atoms with Gasteiger partial charge in [-0.2, -0.15) is 0 Å². The lowest BCUT2D eigenvalue weighted by molar-refractivity contribution is -0.143. The lowest BCUT2D eigenvalue weighted by atomic mass is 10.2. The molecule has 0 aliphatic carbocycles. The first-order valence-electron chi connectivity index (χ1n) is 6.35. The minimum Gasteiger partial charge on any atom is -0.481 e. The molecule has 1 aromatic rings. The number of rotatable bonds is 3. The molecule has 1 aliphatic rings. The molecule has 1 saturated heterocycles. The summed E-state index contributed by atoms with van der Waals surface area (Å²) in [5, 5.41) is 2.69. The summed E-state index contributed by atoms with van der Waals surface area (Å²) in [6, 6.07) is 7.55. The molecule has 19 heavy (non-hydrogen) atoms. The predicted molar refractivity (Wildman–Crippen MR) is 70.9 cm³/mol. The van der Waals surface area contributed by atoms with Crippen LogP contribution in [0.15, 0.2) is 24.3 Å². The van der Waals surface area contributed by atoms with Crippen LogP contribution < -0.4 is 10.1 Å². The molecule has 0 saturated carbocycles. The maximum atomic E-state index is 12.2. The highest BCUT2D eigenvalue weighted by atomic mass is 16.5. The SMILES string of the molecule is Cc1cccc(O[C@H](C)C(=O)N2CCNC(=O)C2)c1. The van der Waals surface area contributed by atoms with Gasteiger partial charge in [0, 0.05) is 13.1 Å². The summed E-state index contributed by atoms with van der Waals surface area (Å²) in [4.78, 5) is 24.9. The number of carbonyl (C=O) groups is 2. The Kier molecular flexibility index (Phi) is 4.04. The number of nitrogens with zero attached hydrogens (tertiary/aromatic N) is 1. The number of carbonyl (C=O) groups excluding carboxylic acids is 2. The number of ether oxygens (including phenoxy) is 1. The minimum atomic E-state index is -0.590. The van der Waals surface area contributed by atoms with Gasteiger partial charge in [-0.15, -0.1) is 0 Å². The van der Waals surface area contributed by atoms with Crippen LogP contribution in [0.2, 0.25) is 0 Å². The molecule has 0 unspecified atom stereocenters. The Hall–Kier alpha value is -2.04. The first-order chi connectivity index (χ1) is 9.06. The highest BCUT2D eigenvalue weighted by molar-refractivity contribution is 5.88. The molecule has 1 aliphatic heterocycles. The van der Waals surface area contributed by atoms with Gasteiger partial charge < -0.3 is 15.0 Å². The Morgan fingerprint density at radius 3 is 2.95 bits per heavy atom. The van der Waals surface area contributed by atoms with E-state index in [4.69, 9.17) is 4.74 Å². The van der Waals surface area contributed by atoms with Crippen molar-refractivity contribution in [1.29, 1.82) is 0 Å². The van der Waals surface area contributed by atoms with Crippen LogP contribution in [0.3, 0.4) is 0 Å². The van der Waals surface area contributed by atoms with Gasteiger partial charge in [-0.1, -0.05) is 12.1 Å². The molecule has 1 fully saturated rings. The van der Waals surface area contributed by atoms with Gasteiger partial charge in [0.05, 0.1) is 6.54 Å². The van der Waals surface area contributed by atoms with E-state index in [-0.39, 0.29) is 18.4 Å². The zero-order valence-electron chi connectivity index (χ0n) is 11.2. The number of nitrogens with one attached hydrogen (secondary N) is 1. The zero-order chi connectivity index (χ0) is 13.8. The Morgan fingerprint density at radius 2 is 2.26 bits per heavy atom. The van der Waals surface area contributed by atoms with Gasteiger partial charge in [-0.25, -0.2) is 0 Å². The monoisotopic (exact) mass is 262 g/mol. The number of aryl methyl sites for hydroxylation is 1. The van der Waals surface area contributed by atoms with E-state index in [0.29, 0.717) is 18.8 Å².